The monoisotopic (exact) mass is 467 g/mol. The molecule has 1 N–H and O–H groups in total. The molecule has 0 saturated carbocycles. The molecule has 1 saturated heterocycles. The summed E-state index contributed by atoms with van der Waals surface area (Å²) in [5.41, 5.74) is 1.85. The van der Waals surface area contributed by atoms with Crippen LogP contribution in [-0.4, -0.2) is 67.2 Å². The highest BCUT2D eigenvalue weighted by Crippen LogP contribution is 2.22. The molecule has 0 atom stereocenters. The van der Waals surface area contributed by atoms with Crippen LogP contribution in [0.25, 0.3) is 10.7 Å². The Labute approximate surface area is 192 Å². The van der Waals surface area contributed by atoms with Crippen LogP contribution in [0.3, 0.4) is 0 Å². The third-order valence-electron chi connectivity index (χ3n) is 5.20. The quantitative estimate of drug-likeness (QED) is 0.413. The van der Waals surface area contributed by atoms with Crippen molar-refractivity contribution in [3.8, 4) is 10.7 Å². The average Bonchev–Trinajstić information content (AvgIpc) is 3.61. The predicted molar refractivity (Wildman–Crippen MR) is 121 cm³/mol. The standard InChI is InChI=1S/C21H21N7O2S2/c29-20(16-5-3-15(4-6-16)13-32-21-22-14-23-25-21)28-9-7-27(8-10-28)12-18-24-19(26-30-18)17-2-1-11-31-17/h1-6,11,14H,7-10,12-13H2,(H,22,23,25). The second-order valence-electron chi connectivity index (χ2n) is 7.33. The van der Waals surface area contributed by atoms with Gasteiger partial charge in [0.15, 0.2) is 5.16 Å². The molecule has 0 unspecified atom stereocenters. The zero-order valence-corrected chi connectivity index (χ0v) is 18.8. The SMILES string of the molecule is O=C(c1ccc(CSc2ncn[nH]2)cc1)N1CCN(Cc2nc(-c3cccs3)no2)CC1. The molecule has 4 heterocycles. The van der Waals surface area contributed by atoms with E-state index in [0.29, 0.717) is 36.9 Å². The summed E-state index contributed by atoms with van der Waals surface area (Å²) >= 11 is 3.17. The van der Waals surface area contributed by atoms with Gasteiger partial charge < -0.3 is 9.42 Å². The maximum atomic E-state index is 12.9. The number of carbonyl (C=O) groups excluding carboxylic acids is 1. The fourth-order valence-electron chi connectivity index (χ4n) is 3.47. The minimum Gasteiger partial charge on any atom is -0.338 e. The molecule has 1 fully saturated rings. The topological polar surface area (TPSA) is 104 Å². The van der Waals surface area contributed by atoms with E-state index in [0.717, 1.165) is 34.4 Å². The minimum absolute atomic E-state index is 0.0665. The van der Waals surface area contributed by atoms with Crippen LogP contribution < -0.4 is 0 Å². The number of nitrogens with one attached hydrogen (secondary N) is 1. The van der Waals surface area contributed by atoms with Crippen LogP contribution in [0.1, 0.15) is 21.8 Å². The number of hydrogen-bond acceptors (Lipinski definition) is 9. The summed E-state index contributed by atoms with van der Waals surface area (Å²) in [6, 6.07) is 11.7. The van der Waals surface area contributed by atoms with Crippen molar-refractivity contribution in [3.05, 3.63) is 65.1 Å². The number of thioether (sulfide) groups is 1. The average molecular weight is 468 g/mol. The van der Waals surface area contributed by atoms with Crippen LogP contribution in [0.15, 0.2) is 57.8 Å². The fraction of sp³-hybridized carbons (Fsp3) is 0.286. The highest BCUT2D eigenvalue weighted by molar-refractivity contribution is 7.98. The number of thiophene rings is 1. The van der Waals surface area contributed by atoms with E-state index in [2.05, 4.69) is 30.2 Å². The number of hydrogen-bond donors (Lipinski definition) is 1. The van der Waals surface area contributed by atoms with Gasteiger partial charge in [-0.1, -0.05) is 35.1 Å². The van der Waals surface area contributed by atoms with E-state index in [9.17, 15) is 4.79 Å². The van der Waals surface area contributed by atoms with E-state index in [1.165, 1.54) is 6.33 Å². The molecule has 1 aliphatic rings. The Bertz CT molecular complexity index is 1140. The van der Waals surface area contributed by atoms with Crippen molar-refractivity contribution in [2.75, 3.05) is 26.2 Å². The normalized spacial score (nSPS) is 14.7. The van der Waals surface area contributed by atoms with Gasteiger partial charge in [0.2, 0.25) is 11.7 Å². The van der Waals surface area contributed by atoms with E-state index < -0.39 is 0 Å². The molecule has 32 heavy (non-hydrogen) atoms. The Morgan fingerprint density at radius 2 is 2.00 bits per heavy atom. The molecule has 164 valence electrons. The van der Waals surface area contributed by atoms with Crippen LogP contribution in [-0.2, 0) is 12.3 Å². The van der Waals surface area contributed by atoms with E-state index in [1.54, 1.807) is 23.1 Å². The molecule has 9 nitrogen and oxygen atoms in total. The Morgan fingerprint density at radius 1 is 1.16 bits per heavy atom. The van der Waals surface area contributed by atoms with Gasteiger partial charge in [0, 0.05) is 37.5 Å². The molecule has 3 aromatic heterocycles. The molecular weight excluding hydrogens is 446 g/mol. The number of nitrogens with zero attached hydrogens (tertiary/aromatic N) is 6. The number of rotatable bonds is 7. The third-order valence-corrected chi connectivity index (χ3v) is 7.01. The van der Waals surface area contributed by atoms with Crippen LogP contribution in [0.5, 0.6) is 0 Å². The first kappa shape index (κ1) is 20.9. The summed E-state index contributed by atoms with van der Waals surface area (Å²) in [7, 11) is 0. The van der Waals surface area contributed by atoms with Gasteiger partial charge in [-0.15, -0.1) is 11.3 Å². The second-order valence-corrected chi connectivity index (χ2v) is 9.25. The largest absolute Gasteiger partial charge is 0.338 e. The van der Waals surface area contributed by atoms with Crippen molar-refractivity contribution in [3.63, 3.8) is 0 Å². The highest BCUT2D eigenvalue weighted by atomic mass is 32.2. The highest BCUT2D eigenvalue weighted by Gasteiger charge is 2.23. The Kier molecular flexibility index (Phi) is 6.28. The van der Waals surface area contributed by atoms with Gasteiger partial charge >= 0.3 is 0 Å². The summed E-state index contributed by atoms with van der Waals surface area (Å²) in [5, 5.41) is 13.5. The minimum atomic E-state index is 0.0665. The molecule has 11 heteroatoms. The number of aromatic amines is 1. The number of H-pyrrole nitrogens is 1. The van der Waals surface area contributed by atoms with Gasteiger partial charge in [-0.25, -0.2) is 4.98 Å². The molecule has 4 aromatic rings. The van der Waals surface area contributed by atoms with E-state index in [4.69, 9.17) is 4.52 Å². The number of aromatic nitrogens is 5. The van der Waals surface area contributed by atoms with E-state index >= 15 is 0 Å². The number of carbonyl (C=O) groups is 1. The maximum absolute atomic E-state index is 12.9. The third kappa shape index (κ3) is 4.90. The van der Waals surface area contributed by atoms with E-state index in [-0.39, 0.29) is 5.91 Å². The zero-order chi connectivity index (χ0) is 21.8. The van der Waals surface area contributed by atoms with Gasteiger partial charge in [0.05, 0.1) is 11.4 Å². The molecule has 5 rings (SSSR count). The predicted octanol–water partition coefficient (Wildman–Crippen LogP) is 3.17. The summed E-state index contributed by atoms with van der Waals surface area (Å²) in [5.74, 6) is 2.07. The molecular formula is C21H21N7O2S2. The summed E-state index contributed by atoms with van der Waals surface area (Å²) in [6.45, 7) is 3.49. The van der Waals surface area contributed by atoms with Crippen LogP contribution in [0.2, 0.25) is 0 Å². The molecule has 0 spiro atoms. The Morgan fingerprint density at radius 3 is 2.72 bits per heavy atom. The van der Waals surface area contributed by atoms with Crippen LogP contribution >= 0.6 is 23.1 Å². The lowest BCUT2D eigenvalue weighted by atomic mass is 10.1. The van der Waals surface area contributed by atoms with E-state index in [1.807, 2.05) is 46.7 Å². The lowest BCUT2D eigenvalue weighted by molar-refractivity contribution is 0.0615. The summed E-state index contributed by atoms with van der Waals surface area (Å²) < 4.78 is 5.40. The first-order valence-electron chi connectivity index (χ1n) is 10.2. The van der Waals surface area contributed by atoms with Gasteiger partial charge in [-0.3, -0.25) is 14.8 Å². The lowest BCUT2D eigenvalue weighted by Crippen LogP contribution is -2.48. The summed E-state index contributed by atoms with van der Waals surface area (Å²) in [6.07, 6.45) is 1.49. The van der Waals surface area contributed by atoms with Crippen molar-refractivity contribution < 1.29 is 9.32 Å². The van der Waals surface area contributed by atoms with Crippen molar-refractivity contribution in [1.29, 1.82) is 0 Å². The Balaban J connectivity index is 1.11. The number of amides is 1. The van der Waals surface area contributed by atoms with Crippen molar-refractivity contribution in [2.45, 2.75) is 17.5 Å². The van der Waals surface area contributed by atoms with Crippen LogP contribution in [0, 0.1) is 0 Å². The molecule has 0 radical (unpaired) electrons. The maximum Gasteiger partial charge on any atom is 0.253 e. The van der Waals surface area contributed by atoms with Gasteiger partial charge in [0.1, 0.15) is 6.33 Å². The first-order valence-corrected chi connectivity index (χ1v) is 12.1. The molecule has 0 aliphatic carbocycles. The molecule has 1 amide bonds. The fourth-order valence-corrected chi connectivity index (χ4v) is 4.85. The van der Waals surface area contributed by atoms with Gasteiger partial charge in [-0.2, -0.15) is 10.1 Å². The number of benzene rings is 1. The molecule has 1 aromatic carbocycles. The second kappa shape index (κ2) is 9.63. The smallest absolute Gasteiger partial charge is 0.253 e. The first-order chi connectivity index (χ1) is 15.7. The molecule has 1 aliphatic heterocycles. The summed E-state index contributed by atoms with van der Waals surface area (Å²) in [4.78, 5) is 26.6. The zero-order valence-electron chi connectivity index (χ0n) is 17.2. The van der Waals surface area contributed by atoms with Crippen molar-refractivity contribution in [1.82, 2.24) is 35.1 Å². The van der Waals surface area contributed by atoms with Crippen LogP contribution in [0.4, 0.5) is 0 Å². The Hall–Kier alpha value is -3.02. The molecule has 0 bridgehead atoms. The number of piperazine rings is 1. The van der Waals surface area contributed by atoms with Gasteiger partial charge in [0.25, 0.3) is 5.91 Å². The van der Waals surface area contributed by atoms with Crippen molar-refractivity contribution >= 4 is 29.0 Å². The van der Waals surface area contributed by atoms with Gasteiger partial charge in [-0.05, 0) is 29.1 Å². The van der Waals surface area contributed by atoms with Crippen molar-refractivity contribution in [2.24, 2.45) is 0 Å². The lowest BCUT2D eigenvalue weighted by Gasteiger charge is -2.34.